The molecule has 29 heavy (non-hydrogen) atoms. The molecule has 150 valence electrons. The standard InChI is InChI=1S/C21H21ClN4O2S/c1-3-4-11-25-19(27)16-7-5-6-8-17(16)26-20(25)23-24-21(26)29-13-14-12-15(22)9-10-18(14)28-2/h5-10,12H,3-4,11,13H2,1-2H3. The second-order valence-corrected chi connectivity index (χ2v) is 8.07. The smallest absolute Gasteiger partial charge is 0.262 e. The van der Waals surface area contributed by atoms with Gasteiger partial charge in [0, 0.05) is 22.9 Å². The highest BCUT2D eigenvalue weighted by Gasteiger charge is 2.17. The number of unbranched alkanes of at least 4 members (excludes halogenated alkanes) is 1. The maximum atomic E-state index is 13.0. The number of aryl methyl sites for hydroxylation is 1. The van der Waals surface area contributed by atoms with E-state index in [9.17, 15) is 4.79 Å². The molecule has 0 bridgehead atoms. The van der Waals surface area contributed by atoms with Crippen LogP contribution in [0.5, 0.6) is 5.75 Å². The summed E-state index contributed by atoms with van der Waals surface area (Å²) in [5, 5.41) is 10.8. The lowest BCUT2D eigenvalue weighted by atomic mass is 10.2. The number of thioether (sulfide) groups is 1. The Hall–Kier alpha value is -2.51. The van der Waals surface area contributed by atoms with Crippen molar-refractivity contribution in [2.45, 2.75) is 37.2 Å². The van der Waals surface area contributed by atoms with Crippen LogP contribution >= 0.6 is 23.4 Å². The van der Waals surface area contributed by atoms with Crippen molar-refractivity contribution in [3.05, 3.63) is 63.4 Å². The molecule has 2 aromatic carbocycles. The van der Waals surface area contributed by atoms with Crippen LogP contribution in [0, 0.1) is 0 Å². The molecule has 0 atom stereocenters. The van der Waals surface area contributed by atoms with E-state index in [0.717, 1.165) is 34.8 Å². The first-order valence-corrected chi connectivity index (χ1v) is 10.8. The molecule has 0 saturated carbocycles. The highest BCUT2D eigenvalue weighted by molar-refractivity contribution is 7.98. The van der Waals surface area contributed by atoms with Crippen LogP contribution in [0.2, 0.25) is 5.02 Å². The number of halogens is 1. The van der Waals surface area contributed by atoms with Gasteiger partial charge in [-0.05, 0) is 36.8 Å². The summed E-state index contributed by atoms with van der Waals surface area (Å²) < 4.78 is 9.14. The van der Waals surface area contributed by atoms with Crippen molar-refractivity contribution >= 4 is 40.0 Å². The van der Waals surface area contributed by atoms with Crippen molar-refractivity contribution in [2.24, 2.45) is 0 Å². The summed E-state index contributed by atoms with van der Waals surface area (Å²) in [6.45, 7) is 2.72. The van der Waals surface area contributed by atoms with E-state index in [1.807, 2.05) is 40.8 Å². The molecule has 8 heteroatoms. The summed E-state index contributed by atoms with van der Waals surface area (Å²) in [5.41, 5.74) is 1.76. The molecular weight excluding hydrogens is 408 g/mol. The zero-order valence-corrected chi connectivity index (χ0v) is 17.8. The number of para-hydroxylation sites is 1. The molecule has 4 rings (SSSR count). The van der Waals surface area contributed by atoms with Crippen LogP contribution in [0.15, 0.2) is 52.4 Å². The molecule has 0 saturated heterocycles. The largest absolute Gasteiger partial charge is 0.496 e. The predicted octanol–water partition coefficient (Wildman–Crippen LogP) is 4.80. The van der Waals surface area contributed by atoms with Crippen molar-refractivity contribution in [2.75, 3.05) is 7.11 Å². The highest BCUT2D eigenvalue weighted by atomic mass is 35.5. The summed E-state index contributed by atoms with van der Waals surface area (Å²) in [7, 11) is 1.64. The van der Waals surface area contributed by atoms with Gasteiger partial charge < -0.3 is 4.74 Å². The molecule has 0 aliphatic carbocycles. The van der Waals surface area contributed by atoms with E-state index in [1.165, 1.54) is 11.8 Å². The van der Waals surface area contributed by atoms with Crippen molar-refractivity contribution in [1.82, 2.24) is 19.2 Å². The second kappa shape index (κ2) is 8.47. The molecule has 2 aromatic heterocycles. The number of ether oxygens (including phenoxy) is 1. The van der Waals surface area contributed by atoms with Crippen molar-refractivity contribution in [3.8, 4) is 5.75 Å². The molecule has 6 nitrogen and oxygen atoms in total. The first-order chi connectivity index (χ1) is 14.1. The SMILES string of the molecule is CCCCn1c(=O)c2ccccc2n2c(SCc3cc(Cl)ccc3OC)nnc12. The minimum Gasteiger partial charge on any atom is -0.496 e. The van der Waals surface area contributed by atoms with Gasteiger partial charge in [-0.1, -0.05) is 48.8 Å². The molecule has 0 aliphatic rings. The average Bonchev–Trinajstić information content (AvgIpc) is 3.16. The number of fused-ring (bicyclic) bond motifs is 3. The van der Waals surface area contributed by atoms with Crippen LogP contribution in [0.4, 0.5) is 0 Å². The van der Waals surface area contributed by atoms with Crippen LogP contribution in [0.3, 0.4) is 0 Å². The van der Waals surface area contributed by atoms with Crippen LogP contribution in [0.25, 0.3) is 16.7 Å². The maximum Gasteiger partial charge on any atom is 0.262 e. The molecule has 2 heterocycles. The van der Waals surface area contributed by atoms with Gasteiger partial charge in [0.25, 0.3) is 5.56 Å². The number of hydrogen-bond acceptors (Lipinski definition) is 5. The van der Waals surface area contributed by atoms with E-state index < -0.39 is 0 Å². The normalized spacial score (nSPS) is 11.4. The summed E-state index contributed by atoms with van der Waals surface area (Å²) in [6.07, 6.45) is 1.90. The number of benzene rings is 2. The topological polar surface area (TPSA) is 61.4 Å². The summed E-state index contributed by atoms with van der Waals surface area (Å²) in [5.74, 6) is 1.97. The third-order valence-corrected chi connectivity index (χ3v) is 6.03. The van der Waals surface area contributed by atoms with Gasteiger partial charge in [-0.2, -0.15) is 0 Å². The molecule has 0 amide bonds. The lowest BCUT2D eigenvalue weighted by Gasteiger charge is -2.11. The average molecular weight is 429 g/mol. The second-order valence-electron chi connectivity index (χ2n) is 6.69. The Morgan fingerprint density at radius 3 is 2.79 bits per heavy atom. The van der Waals surface area contributed by atoms with Gasteiger partial charge in [0.05, 0.1) is 18.0 Å². The minimum atomic E-state index is -0.0259. The number of nitrogens with zero attached hydrogens (tertiary/aromatic N) is 4. The Kier molecular flexibility index (Phi) is 5.78. The van der Waals surface area contributed by atoms with Gasteiger partial charge in [0.1, 0.15) is 5.75 Å². The third-order valence-electron chi connectivity index (χ3n) is 4.81. The van der Waals surface area contributed by atoms with Crippen molar-refractivity contribution < 1.29 is 4.74 Å². The molecule has 0 fully saturated rings. The first-order valence-electron chi connectivity index (χ1n) is 9.46. The lowest BCUT2D eigenvalue weighted by molar-refractivity contribution is 0.411. The predicted molar refractivity (Wildman–Crippen MR) is 117 cm³/mol. The zero-order valence-electron chi connectivity index (χ0n) is 16.3. The number of methoxy groups -OCH3 is 1. The Labute approximate surface area is 177 Å². The molecule has 0 radical (unpaired) electrons. The molecule has 0 aliphatic heterocycles. The quantitative estimate of drug-likeness (QED) is 0.396. The van der Waals surface area contributed by atoms with Crippen LogP contribution in [0.1, 0.15) is 25.3 Å². The van der Waals surface area contributed by atoms with Crippen LogP contribution in [-0.2, 0) is 12.3 Å². The first kappa shape index (κ1) is 19.8. The Bertz CT molecular complexity index is 1230. The summed E-state index contributed by atoms with van der Waals surface area (Å²) >= 11 is 7.69. The zero-order chi connectivity index (χ0) is 20.4. The van der Waals surface area contributed by atoms with E-state index >= 15 is 0 Å². The molecule has 0 N–H and O–H groups in total. The van der Waals surface area contributed by atoms with Gasteiger partial charge in [-0.15, -0.1) is 10.2 Å². The molecule has 0 unspecified atom stereocenters. The van der Waals surface area contributed by atoms with Crippen LogP contribution in [-0.4, -0.2) is 26.3 Å². The molecule has 0 spiro atoms. The molecular formula is C21H21ClN4O2S. The summed E-state index contributed by atoms with van der Waals surface area (Å²) in [4.78, 5) is 13.0. The fraction of sp³-hybridized carbons (Fsp3) is 0.286. The monoisotopic (exact) mass is 428 g/mol. The fourth-order valence-electron chi connectivity index (χ4n) is 3.35. The van der Waals surface area contributed by atoms with Crippen molar-refractivity contribution in [3.63, 3.8) is 0 Å². The van der Waals surface area contributed by atoms with Gasteiger partial charge in [0.15, 0.2) is 5.16 Å². The van der Waals surface area contributed by atoms with Gasteiger partial charge >= 0.3 is 0 Å². The van der Waals surface area contributed by atoms with Crippen LogP contribution < -0.4 is 10.3 Å². The van der Waals surface area contributed by atoms with E-state index in [1.54, 1.807) is 17.7 Å². The van der Waals surface area contributed by atoms with Gasteiger partial charge in [0.2, 0.25) is 5.78 Å². The Morgan fingerprint density at radius 2 is 2.00 bits per heavy atom. The van der Waals surface area contributed by atoms with E-state index in [4.69, 9.17) is 16.3 Å². The Morgan fingerprint density at radius 1 is 1.17 bits per heavy atom. The lowest BCUT2D eigenvalue weighted by Crippen LogP contribution is -2.23. The van der Waals surface area contributed by atoms with Gasteiger partial charge in [-0.25, -0.2) is 0 Å². The van der Waals surface area contributed by atoms with E-state index in [0.29, 0.717) is 28.5 Å². The number of aromatic nitrogens is 4. The maximum absolute atomic E-state index is 13.0. The van der Waals surface area contributed by atoms with Crippen molar-refractivity contribution in [1.29, 1.82) is 0 Å². The molecule has 4 aromatic rings. The highest BCUT2D eigenvalue weighted by Crippen LogP contribution is 2.30. The summed E-state index contributed by atoms with van der Waals surface area (Å²) in [6, 6.07) is 13.2. The van der Waals surface area contributed by atoms with E-state index in [-0.39, 0.29) is 5.56 Å². The van der Waals surface area contributed by atoms with Gasteiger partial charge in [-0.3, -0.25) is 13.8 Å². The Balaban J connectivity index is 1.81. The fourth-order valence-corrected chi connectivity index (χ4v) is 4.46. The van der Waals surface area contributed by atoms with E-state index in [2.05, 4.69) is 17.1 Å². The third kappa shape index (κ3) is 3.72. The number of rotatable bonds is 7. The minimum absolute atomic E-state index is 0.0259. The number of hydrogen-bond donors (Lipinski definition) is 0.